The number of hydrogen-bond acceptors (Lipinski definition) is 5. The maximum Gasteiger partial charge on any atom is 0.257 e. The summed E-state index contributed by atoms with van der Waals surface area (Å²) in [7, 11) is -3.38. The van der Waals surface area contributed by atoms with Crippen LogP contribution in [0.3, 0.4) is 0 Å². The number of hydrogen-bond donors (Lipinski definition) is 1. The molecule has 1 aliphatic carbocycles. The fourth-order valence-electron chi connectivity index (χ4n) is 3.41. The predicted octanol–water partition coefficient (Wildman–Crippen LogP) is 1.85. The third kappa shape index (κ3) is 4.52. The van der Waals surface area contributed by atoms with Gasteiger partial charge in [-0.2, -0.15) is 0 Å². The second kappa shape index (κ2) is 7.74. The fourth-order valence-corrected chi connectivity index (χ4v) is 4.06. The second-order valence-corrected chi connectivity index (χ2v) is 8.87. The van der Waals surface area contributed by atoms with Gasteiger partial charge in [-0.25, -0.2) is 8.42 Å². The Bertz CT molecular complexity index is 721. The number of piperazine rings is 1. The van der Waals surface area contributed by atoms with Gasteiger partial charge < -0.3 is 15.0 Å². The maximum atomic E-state index is 13.0. The second-order valence-electron chi connectivity index (χ2n) is 6.85. The molecule has 6 nitrogen and oxygen atoms in total. The van der Waals surface area contributed by atoms with Crippen molar-refractivity contribution >= 4 is 15.7 Å². The summed E-state index contributed by atoms with van der Waals surface area (Å²) in [4.78, 5) is 14.9. The number of carbonyl (C=O) groups excluding carboxylic acids is 1. The van der Waals surface area contributed by atoms with Gasteiger partial charge in [0.15, 0.2) is 9.84 Å². The molecule has 0 radical (unpaired) electrons. The van der Waals surface area contributed by atoms with Gasteiger partial charge in [-0.05, 0) is 43.9 Å². The van der Waals surface area contributed by atoms with Crippen LogP contribution in [0.15, 0.2) is 23.1 Å². The summed E-state index contributed by atoms with van der Waals surface area (Å²) >= 11 is 0. The van der Waals surface area contributed by atoms with E-state index >= 15 is 0 Å². The minimum atomic E-state index is -3.38. The van der Waals surface area contributed by atoms with Crippen LogP contribution >= 0.6 is 0 Å². The molecule has 1 saturated heterocycles. The van der Waals surface area contributed by atoms with Crippen LogP contribution in [0.2, 0.25) is 0 Å². The van der Waals surface area contributed by atoms with Crippen LogP contribution in [0.25, 0.3) is 0 Å². The molecule has 2 fully saturated rings. The van der Waals surface area contributed by atoms with Gasteiger partial charge in [0.1, 0.15) is 5.75 Å². The van der Waals surface area contributed by atoms with Crippen LogP contribution in [0.4, 0.5) is 0 Å². The minimum Gasteiger partial charge on any atom is -0.490 e. The molecule has 2 aliphatic rings. The molecule has 1 aromatic carbocycles. The Morgan fingerprint density at radius 3 is 2.48 bits per heavy atom. The highest BCUT2D eigenvalue weighted by molar-refractivity contribution is 7.90. The summed E-state index contributed by atoms with van der Waals surface area (Å²) in [5.74, 6) is 0.348. The molecule has 25 heavy (non-hydrogen) atoms. The van der Waals surface area contributed by atoms with E-state index in [1.165, 1.54) is 18.6 Å². The Hall–Kier alpha value is -1.60. The van der Waals surface area contributed by atoms with Crippen LogP contribution < -0.4 is 10.1 Å². The van der Waals surface area contributed by atoms with Gasteiger partial charge in [-0.1, -0.05) is 6.42 Å². The van der Waals surface area contributed by atoms with Crippen molar-refractivity contribution in [3.63, 3.8) is 0 Å². The average Bonchev–Trinajstić information content (AvgIpc) is 2.62. The number of amides is 1. The lowest BCUT2D eigenvalue weighted by molar-refractivity contribution is 0.0725. The van der Waals surface area contributed by atoms with E-state index in [1.807, 2.05) is 0 Å². The van der Waals surface area contributed by atoms with E-state index < -0.39 is 9.84 Å². The highest BCUT2D eigenvalue weighted by Crippen LogP contribution is 2.29. The molecule has 0 bridgehead atoms. The highest BCUT2D eigenvalue weighted by Gasteiger charge is 2.25. The van der Waals surface area contributed by atoms with E-state index in [-0.39, 0.29) is 16.9 Å². The molecular formula is C18H26N2O4S. The number of carbonyl (C=O) groups is 1. The monoisotopic (exact) mass is 366 g/mol. The quantitative estimate of drug-likeness (QED) is 0.880. The Labute approximate surface area is 149 Å². The Kier molecular flexibility index (Phi) is 5.64. The number of ether oxygens (including phenoxy) is 1. The molecule has 7 heteroatoms. The third-order valence-corrected chi connectivity index (χ3v) is 5.97. The average molecular weight is 366 g/mol. The van der Waals surface area contributed by atoms with Gasteiger partial charge in [0.05, 0.1) is 16.6 Å². The maximum absolute atomic E-state index is 13.0. The van der Waals surface area contributed by atoms with Crippen molar-refractivity contribution in [3.05, 3.63) is 23.8 Å². The van der Waals surface area contributed by atoms with Crippen molar-refractivity contribution in [2.75, 3.05) is 32.4 Å². The van der Waals surface area contributed by atoms with E-state index in [1.54, 1.807) is 11.0 Å². The molecule has 1 saturated carbocycles. The topological polar surface area (TPSA) is 75.7 Å². The van der Waals surface area contributed by atoms with Gasteiger partial charge in [-0.15, -0.1) is 0 Å². The third-order valence-electron chi connectivity index (χ3n) is 4.86. The Balaban J connectivity index is 1.91. The first-order chi connectivity index (χ1) is 11.9. The summed E-state index contributed by atoms with van der Waals surface area (Å²) in [6.07, 6.45) is 6.71. The number of nitrogens with one attached hydrogen (secondary N) is 1. The summed E-state index contributed by atoms with van der Waals surface area (Å²) in [5.41, 5.74) is 0.357. The van der Waals surface area contributed by atoms with Gasteiger partial charge in [0.2, 0.25) is 0 Å². The standard InChI is InChI=1S/C18H26N2O4S/c1-25(22,23)15-7-8-17(24-14-5-3-2-4-6-14)16(13-15)18(21)20-11-9-19-10-12-20/h7-8,13-14,19H,2-6,9-12H2,1H3. The predicted molar refractivity (Wildman–Crippen MR) is 95.8 cm³/mol. The fraction of sp³-hybridized carbons (Fsp3) is 0.611. The van der Waals surface area contributed by atoms with Crippen molar-refractivity contribution in [1.29, 1.82) is 0 Å². The lowest BCUT2D eigenvalue weighted by Crippen LogP contribution is -2.46. The first kappa shape index (κ1) is 18.2. The van der Waals surface area contributed by atoms with E-state index in [0.717, 1.165) is 45.0 Å². The summed E-state index contributed by atoms with van der Waals surface area (Å²) < 4.78 is 29.9. The lowest BCUT2D eigenvalue weighted by atomic mass is 9.97. The SMILES string of the molecule is CS(=O)(=O)c1ccc(OC2CCCCC2)c(C(=O)N2CCNCC2)c1. The summed E-state index contributed by atoms with van der Waals surface area (Å²) in [6.45, 7) is 2.72. The van der Waals surface area contributed by atoms with Crippen molar-refractivity contribution in [3.8, 4) is 5.75 Å². The first-order valence-corrected chi connectivity index (χ1v) is 10.8. The molecule has 0 aromatic heterocycles. The van der Waals surface area contributed by atoms with E-state index in [4.69, 9.17) is 4.74 Å². The molecule has 3 rings (SSSR count). The van der Waals surface area contributed by atoms with E-state index in [0.29, 0.717) is 24.4 Å². The van der Waals surface area contributed by atoms with Gasteiger partial charge in [-0.3, -0.25) is 4.79 Å². The van der Waals surface area contributed by atoms with Crippen molar-refractivity contribution in [2.45, 2.75) is 43.1 Å². The number of benzene rings is 1. The lowest BCUT2D eigenvalue weighted by Gasteiger charge is -2.29. The van der Waals surface area contributed by atoms with Gasteiger partial charge in [0.25, 0.3) is 5.91 Å². The van der Waals surface area contributed by atoms with E-state index in [2.05, 4.69) is 5.32 Å². The zero-order valence-corrected chi connectivity index (χ0v) is 15.5. The van der Waals surface area contributed by atoms with Crippen molar-refractivity contribution in [1.82, 2.24) is 10.2 Å². The Morgan fingerprint density at radius 1 is 1.16 bits per heavy atom. The number of rotatable bonds is 4. The van der Waals surface area contributed by atoms with Crippen LogP contribution in [0.1, 0.15) is 42.5 Å². The zero-order valence-electron chi connectivity index (χ0n) is 14.7. The summed E-state index contributed by atoms with van der Waals surface area (Å²) in [5, 5.41) is 3.22. The van der Waals surface area contributed by atoms with Crippen LogP contribution in [-0.4, -0.2) is 57.8 Å². The molecule has 0 atom stereocenters. The van der Waals surface area contributed by atoms with Crippen molar-refractivity contribution < 1.29 is 17.9 Å². The van der Waals surface area contributed by atoms with Crippen molar-refractivity contribution in [2.24, 2.45) is 0 Å². The number of sulfone groups is 1. The molecule has 0 spiro atoms. The highest BCUT2D eigenvalue weighted by atomic mass is 32.2. The first-order valence-electron chi connectivity index (χ1n) is 8.96. The molecule has 1 heterocycles. The molecule has 0 unspecified atom stereocenters. The molecular weight excluding hydrogens is 340 g/mol. The molecule has 1 aromatic rings. The number of nitrogens with zero attached hydrogens (tertiary/aromatic N) is 1. The molecule has 138 valence electrons. The van der Waals surface area contributed by atoms with E-state index in [9.17, 15) is 13.2 Å². The normalized spacial score (nSPS) is 19.6. The largest absolute Gasteiger partial charge is 0.490 e. The van der Waals surface area contributed by atoms with Gasteiger partial charge in [0, 0.05) is 32.4 Å². The molecule has 1 amide bonds. The summed E-state index contributed by atoms with van der Waals surface area (Å²) in [6, 6.07) is 4.64. The molecule has 1 N–H and O–H groups in total. The van der Waals surface area contributed by atoms with Crippen LogP contribution in [0, 0.1) is 0 Å². The zero-order chi connectivity index (χ0) is 17.9. The molecule has 1 aliphatic heterocycles. The smallest absolute Gasteiger partial charge is 0.257 e. The van der Waals surface area contributed by atoms with Gasteiger partial charge >= 0.3 is 0 Å². The van der Waals surface area contributed by atoms with Crippen LogP contribution in [-0.2, 0) is 9.84 Å². The minimum absolute atomic E-state index is 0.104. The Morgan fingerprint density at radius 2 is 1.84 bits per heavy atom. The van der Waals surface area contributed by atoms with Crippen LogP contribution in [0.5, 0.6) is 5.75 Å².